The second-order valence-corrected chi connectivity index (χ2v) is 4.73. The van der Waals surface area contributed by atoms with E-state index in [-0.39, 0.29) is 27.4 Å². The molecule has 0 spiro atoms. The molecule has 0 aliphatic rings. The van der Waals surface area contributed by atoms with E-state index in [0.29, 0.717) is 11.4 Å². The lowest BCUT2D eigenvalue weighted by atomic mass is 10.2. The van der Waals surface area contributed by atoms with Crippen molar-refractivity contribution in [2.75, 3.05) is 12.4 Å². The maximum atomic E-state index is 11.3. The Morgan fingerprint density at radius 2 is 1.95 bits per heavy atom. The first-order chi connectivity index (χ1) is 10.6. The summed E-state index contributed by atoms with van der Waals surface area (Å²) in [7, 11) is 1.55. The molecule has 0 radical (unpaired) electrons. The number of fused-ring (bicyclic) bond motifs is 1. The molecule has 2 aromatic carbocycles. The van der Waals surface area contributed by atoms with Crippen LogP contribution in [0, 0.1) is 10.1 Å². The number of hydrogen-bond acceptors (Lipinski definition) is 7. The van der Waals surface area contributed by atoms with Crippen LogP contribution >= 0.6 is 11.6 Å². The van der Waals surface area contributed by atoms with Crippen LogP contribution in [-0.4, -0.2) is 22.3 Å². The number of nitro groups is 1. The van der Waals surface area contributed by atoms with E-state index in [4.69, 9.17) is 16.3 Å². The van der Waals surface area contributed by atoms with Gasteiger partial charge < -0.3 is 10.1 Å². The molecule has 0 amide bonds. The zero-order valence-electron chi connectivity index (χ0n) is 11.2. The van der Waals surface area contributed by atoms with Crippen molar-refractivity contribution in [3.05, 3.63) is 45.5 Å². The van der Waals surface area contributed by atoms with E-state index in [0.717, 1.165) is 0 Å². The predicted octanol–water partition coefficient (Wildman–Crippen LogP) is 3.54. The van der Waals surface area contributed by atoms with Crippen molar-refractivity contribution in [1.82, 2.24) is 10.3 Å². The number of hydrogen-bond donors (Lipinski definition) is 1. The van der Waals surface area contributed by atoms with E-state index < -0.39 is 4.92 Å². The van der Waals surface area contributed by atoms with Crippen LogP contribution in [-0.2, 0) is 0 Å². The van der Waals surface area contributed by atoms with Gasteiger partial charge in [0.2, 0.25) is 5.52 Å². The topological polar surface area (TPSA) is 103 Å². The van der Waals surface area contributed by atoms with Crippen LogP contribution < -0.4 is 10.1 Å². The molecule has 0 bridgehead atoms. The summed E-state index contributed by atoms with van der Waals surface area (Å²) in [5.74, 6) is 0.675. The third-order valence-electron chi connectivity index (χ3n) is 3.02. The van der Waals surface area contributed by atoms with Crippen LogP contribution in [0.2, 0.25) is 5.02 Å². The number of nitrogens with zero attached hydrogens (tertiary/aromatic N) is 3. The first kappa shape index (κ1) is 14.1. The second kappa shape index (κ2) is 5.49. The highest BCUT2D eigenvalue weighted by atomic mass is 35.5. The van der Waals surface area contributed by atoms with Crippen molar-refractivity contribution in [2.45, 2.75) is 0 Å². The van der Waals surface area contributed by atoms with E-state index in [2.05, 4.69) is 20.3 Å². The van der Waals surface area contributed by atoms with E-state index in [1.807, 2.05) is 0 Å². The number of benzene rings is 2. The van der Waals surface area contributed by atoms with Gasteiger partial charge in [0.05, 0.1) is 17.1 Å². The Balaban J connectivity index is 2.08. The average molecular weight is 321 g/mol. The Hall–Kier alpha value is -2.87. The highest BCUT2D eigenvalue weighted by Crippen LogP contribution is 2.37. The van der Waals surface area contributed by atoms with Gasteiger partial charge in [-0.1, -0.05) is 11.6 Å². The first-order valence-electron chi connectivity index (χ1n) is 6.10. The Kier molecular flexibility index (Phi) is 3.51. The predicted molar refractivity (Wildman–Crippen MR) is 79.7 cm³/mol. The maximum absolute atomic E-state index is 11.3. The molecule has 0 aliphatic carbocycles. The molecule has 0 saturated carbocycles. The summed E-state index contributed by atoms with van der Waals surface area (Å²) in [6.07, 6.45) is 0. The van der Waals surface area contributed by atoms with Gasteiger partial charge in [0, 0.05) is 5.69 Å². The molecule has 1 heterocycles. The molecule has 1 N–H and O–H groups in total. The zero-order valence-corrected chi connectivity index (χ0v) is 12.0. The van der Waals surface area contributed by atoms with Crippen LogP contribution in [0.1, 0.15) is 0 Å². The van der Waals surface area contributed by atoms with Gasteiger partial charge in [-0.15, -0.1) is 0 Å². The van der Waals surface area contributed by atoms with Gasteiger partial charge in [0.25, 0.3) is 0 Å². The molecule has 0 fully saturated rings. The van der Waals surface area contributed by atoms with Gasteiger partial charge in [-0.3, -0.25) is 10.1 Å². The van der Waals surface area contributed by atoms with Crippen LogP contribution in [0.15, 0.2) is 35.0 Å². The number of ether oxygens (including phenoxy) is 1. The number of anilines is 2. The fraction of sp³-hybridized carbons (Fsp3) is 0.0769. The number of rotatable bonds is 4. The molecule has 22 heavy (non-hydrogen) atoms. The van der Waals surface area contributed by atoms with Crippen LogP contribution in [0.3, 0.4) is 0 Å². The van der Waals surface area contributed by atoms with Gasteiger partial charge in [-0.2, -0.15) is 0 Å². The SMILES string of the molecule is COc1ccc(Nc2cc(Cl)c3nonc3c2[N+](=O)[O-])cc1. The summed E-state index contributed by atoms with van der Waals surface area (Å²) in [6.45, 7) is 0. The van der Waals surface area contributed by atoms with Crippen molar-refractivity contribution in [1.29, 1.82) is 0 Å². The van der Waals surface area contributed by atoms with Gasteiger partial charge >= 0.3 is 5.69 Å². The summed E-state index contributed by atoms with van der Waals surface area (Å²) >= 11 is 6.05. The molecule has 0 unspecified atom stereocenters. The van der Waals surface area contributed by atoms with Crippen molar-refractivity contribution in [3.63, 3.8) is 0 Å². The minimum atomic E-state index is -0.561. The molecule has 0 saturated heterocycles. The van der Waals surface area contributed by atoms with Gasteiger partial charge in [-0.05, 0) is 40.6 Å². The smallest absolute Gasteiger partial charge is 0.324 e. The molecular weight excluding hydrogens is 312 g/mol. The first-order valence-corrected chi connectivity index (χ1v) is 6.48. The normalized spacial score (nSPS) is 10.6. The zero-order chi connectivity index (χ0) is 15.7. The minimum absolute atomic E-state index is 0.00601. The van der Waals surface area contributed by atoms with Crippen LogP contribution in [0.4, 0.5) is 17.1 Å². The number of methoxy groups -OCH3 is 1. The standard InChI is InChI=1S/C13H9ClN4O4/c1-21-8-4-2-7(3-5-8)15-10-6-9(14)11-12(17-22-16-11)13(10)18(19)20/h2-6,15H,1H3. The Morgan fingerprint density at radius 1 is 1.27 bits per heavy atom. The minimum Gasteiger partial charge on any atom is -0.497 e. The van der Waals surface area contributed by atoms with Crippen molar-refractivity contribution in [3.8, 4) is 5.75 Å². The van der Waals surface area contributed by atoms with Gasteiger partial charge in [-0.25, -0.2) is 4.63 Å². The van der Waals surface area contributed by atoms with E-state index in [1.54, 1.807) is 31.4 Å². The number of aromatic nitrogens is 2. The number of halogens is 1. The van der Waals surface area contributed by atoms with Gasteiger partial charge in [0.15, 0.2) is 5.52 Å². The average Bonchev–Trinajstić information content (AvgIpc) is 2.97. The van der Waals surface area contributed by atoms with Crippen LogP contribution in [0.5, 0.6) is 5.75 Å². The lowest BCUT2D eigenvalue weighted by Gasteiger charge is -2.08. The third kappa shape index (κ3) is 2.40. The lowest BCUT2D eigenvalue weighted by molar-refractivity contribution is -0.382. The summed E-state index contributed by atoms with van der Waals surface area (Å²) in [6, 6.07) is 8.32. The Morgan fingerprint density at radius 3 is 2.59 bits per heavy atom. The molecule has 3 aromatic rings. The number of nitro benzene ring substituents is 1. The Labute approximate surface area is 128 Å². The van der Waals surface area contributed by atoms with Crippen LogP contribution in [0.25, 0.3) is 11.0 Å². The van der Waals surface area contributed by atoms with Crippen molar-refractivity contribution in [2.24, 2.45) is 0 Å². The molecule has 112 valence electrons. The summed E-state index contributed by atoms with van der Waals surface area (Å²) in [4.78, 5) is 10.8. The Bertz CT molecular complexity index is 847. The third-order valence-corrected chi connectivity index (χ3v) is 3.30. The maximum Gasteiger partial charge on any atom is 0.324 e. The number of nitrogens with one attached hydrogen (secondary N) is 1. The molecule has 0 atom stereocenters. The summed E-state index contributed by atoms with van der Waals surface area (Å²) in [5, 5.41) is 21.6. The highest BCUT2D eigenvalue weighted by Gasteiger charge is 2.25. The molecule has 3 rings (SSSR count). The molecule has 1 aromatic heterocycles. The van der Waals surface area contributed by atoms with Gasteiger partial charge in [0.1, 0.15) is 11.4 Å². The summed E-state index contributed by atoms with van der Waals surface area (Å²) in [5.41, 5.74) is 0.720. The highest BCUT2D eigenvalue weighted by molar-refractivity contribution is 6.35. The second-order valence-electron chi connectivity index (χ2n) is 4.33. The fourth-order valence-corrected chi connectivity index (χ4v) is 2.23. The lowest BCUT2D eigenvalue weighted by Crippen LogP contribution is -1.98. The largest absolute Gasteiger partial charge is 0.497 e. The quantitative estimate of drug-likeness (QED) is 0.579. The molecule has 8 nitrogen and oxygen atoms in total. The van der Waals surface area contributed by atoms with Crippen molar-refractivity contribution >= 4 is 39.7 Å². The van der Waals surface area contributed by atoms with Crippen molar-refractivity contribution < 1.29 is 14.3 Å². The molecule has 9 heteroatoms. The molecular formula is C13H9ClN4O4. The summed E-state index contributed by atoms with van der Waals surface area (Å²) < 4.78 is 9.60. The fourth-order valence-electron chi connectivity index (χ4n) is 2.00. The molecule has 0 aliphatic heterocycles. The van der Waals surface area contributed by atoms with E-state index >= 15 is 0 Å². The van der Waals surface area contributed by atoms with E-state index in [9.17, 15) is 10.1 Å². The van der Waals surface area contributed by atoms with E-state index in [1.165, 1.54) is 6.07 Å². The monoisotopic (exact) mass is 320 g/mol.